The zero-order valence-corrected chi connectivity index (χ0v) is 8.81. The van der Waals surface area contributed by atoms with Crippen LogP contribution in [0.25, 0.3) is 0 Å². The lowest BCUT2D eigenvalue weighted by molar-refractivity contribution is 0.595. The van der Waals surface area contributed by atoms with Crippen molar-refractivity contribution in [3.63, 3.8) is 0 Å². The highest BCUT2D eigenvalue weighted by Crippen LogP contribution is 2.16. The van der Waals surface area contributed by atoms with Crippen molar-refractivity contribution in [2.24, 2.45) is 0 Å². The first-order chi connectivity index (χ1) is 6.40. The molecule has 5 nitrogen and oxygen atoms in total. The molecule has 0 saturated carbocycles. The zero-order chi connectivity index (χ0) is 10.9. The largest absolute Gasteiger partial charge is 0.397 e. The average Bonchev–Trinajstić information content (AvgIpc) is 2.12. The topological polar surface area (TPSA) is 93.0 Å². The van der Waals surface area contributed by atoms with Crippen molar-refractivity contribution in [3.05, 3.63) is 22.1 Å². The number of hydrogen-bond donors (Lipinski definition) is 2. The van der Waals surface area contributed by atoms with Gasteiger partial charge in [0.25, 0.3) is 5.56 Å². The van der Waals surface area contributed by atoms with Gasteiger partial charge in [0.05, 0.1) is 11.4 Å². The van der Waals surface area contributed by atoms with E-state index in [9.17, 15) is 13.2 Å². The number of H-pyrrole nitrogens is 1. The number of aromatic nitrogens is 1. The van der Waals surface area contributed by atoms with Crippen molar-refractivity contribution in [2.45, 2.75) is 18.7 Å². The second-order valence-electron chi connectivity index (χ2n) is 2.93. The summed E-state index contributed by atoms with van der Waals surface area (Å²) >= 11 is 0. The Balaban J connectivity index is 3.66. The summed E-state index contributed by atoms with van der Waals surface area (Å²) in [5.74, 6) is -0.111. The maximum Gasteiger partial charge on any atom is 0.267 e. The van der Waals surface area contributed by atoms with Gasteiger partial charge in [-0.05, 0) is 12.5 Å². The standard InChI is InChI=1S/C8H12N2O3S/c1-3-14(12,13)7-5(2)6(9)4-10-8(7)11/h4H,3,9H2,1-2H3,(H,10,11). The molecule has 0 saturated heterocycles. The molecule has 1 heterocycles. The number of hydrogen-bond acceptors (Lipinski definition) is 4. The molecule has 0 aliphatic rings. The van der Waals surface area contributed by atoms with E-state index in [1.165, 1.54) is 20.0 Å². The van der Waals surface area contributed by atoms with Gasteiger partial charge in [-0.25, -0.2) is 8.42 Å². The van der Waals surface area contributed by atoms with Crippen molar-refractivity contribution in [2.75, 3.05) is 11.5 Å². The number of nitrogens with one attached hydrogen (secondary N) is 1. The Morgan fingerprint density at radius 2 is 2.07 bits per heavy atom. The maximum absolute atomic E-state index is 11.5. The molecule has 0 amide bonds. The molecule has 0 aromatic carbocycles. The van der Waals surface area contributed by atoms with Crippen LogP contribution in [0, 0.1) is 6.92 Å². The molecule has 0 radical (unpaired) electrons. The minimum Gasteiger partial charge on any atom is -0.397 e. The minimum absolute atomic E-state index is 0.111. The SMILES string of the molecule is CCS(=O)(=O)c1c(C)c(N)c[nH]c1=O. The molecule has 0 aliphatic carbocycles. The Morgan fingerprint density at radius 1 is 1.50 bits per heavy atom. The maximum atomic E-state index is 11.5. The second kappa shape index (κ2) is 3.45. The Hall–Kier alpha value is -1.30. The van der Waals surface area contributed by atoms with E-state index in [4.69, 9.17) is 5.73 Å². The smallest absolute Gasteiger partial charge is 0.267 e. The monoisotopic (exact) mass is 216 g/mol. The number of aromatic amines is 1. The van der Waals surface area contributed by atoms with Gasteiger partial charge in [-0.3, -0.25) is 4.79 Å². The third-order valence-electron chi connectivity index (χ3n) is 2.03. The first-order valence-corrected chi connectivity index (χ1v) is 5.76. The normalized spacial score (nSPS) is 11.6. The predicted molar refractivity (Wildman–Crippen MR) is 53.9 cm³/mol. The minimum atomic E-state index is -3.51. The number of pyridine rings is 1. The van der Waals surface area contributed by atoms with Gasteiger partial charge < -0.3 is 10.7 Å². The molecule has 1 aromatic rings. The predicted octanol–water partition coefficient (Wildman–Crippen LogP) is 0.0591. The quantitative estimate of drug-likeness (QED) is 0.731. The lowest BCUT2D eigenvalue weighted by atomic mass is 10.2. The van der Waals surface area contributed by atoms with Crippen LogP contribution < -0.4 is 11.3 Å². The molecule has 78 valence electrons. The van der Waals surface area contributed by atoms with E-state index in [0.29, 0.717) is 5.56 Å². The van der Waals surface area contributed by atoms with Gasteiger partial charge in [-0.1, -0.05) is 6.92 Å². The lowest BCUT2D eigenvalue weighted by Gasteiger charge is -2.06. The Morgan fingerprint density at radius 3 is 2.57 bits per heavy atom. The van der Waals surface area contributed by atoms with Gasteiger partial charge in [-0.15, -0.1) is 0 Å². The summed E-state index contributed by atoms with van der Waals surface area (Å²) in [6.45, 7) is 3.00. The molecule has 0 aliphatic heterocycles. The highest BCUT2D eigenvalue weighted by atomic mass is 32.2. The van der Waals surface area contributed by atoms with E-state index < -0.39 is 15.4 Å². The van der Waals surface area contributed by atoms with Gasteiger partial charge in [-0.2, -0.15) is 0 Å². The number of nitrogens with two attached hydrogens (primary N) is 1. The van der Waals surface area contributed by atoms with Crippen LogP contribution in [0.5, 0.6) is 0 Å². The third-order valence-corrected chi connectivity index (χ3v) is 3.90. The van der Waals surface area contributed by atoms with E-state index in [0.717, 1.165) is 0 Å². The van der Waals surface area contributed by atoms with E-state index in [-0.39, 0.29) is 16.3 Å². The van der Waals surface area contributed by atoms with Gasteiger partial charge in [0.15, 0.2) is 9.84 Å². The summed E-state index contributed by atoms with van der Waals surface area (Å²) < 4.78 is 23.0. The van der Waals surface area contributed by atoms with Crippen molar-refractivity contribution in [1.82, 2.24) is 4.98 Å². The van der Waals surface area contributed by atoms with Crippen LogP contribution in [0.15, 0.2) is 15.9 Å². The summed E-state index contributed by atoms with van der Waals surface area (Å²) in [5.41, 5.74) is 5.48. The molecular formula is C8H12N2O3S. The first kappa shape index (κ1) is 10.8. The van der Waals surface area contributed by atoms with Crippen molar-refractivity contribution in [3.8, 4) is 0 Å². The van der Waals surface area contributed by atoms with E-state index in [1.54, 1.807) is 0 Å². The highest BCUT2D eigenvalue weighted by Gasteiger charge is 2.20. The van der Waals surface area contributed by atoms with Crippen molar-refractivity contribution in [1.29, 1.82) is 0 Å². The number of sulfone groups is 1. The van der Waals surface area contributed by atoms with Crippen LogP contribution in [0.3, 0.4) is 0 Å². The second-order valence-corrected chi connectivity index (χ2v) is 5.15. The molecule has 3 N–H and O–H groups in total. The summed E-state index contributed by atoms with van der Waals surface area (Å²) in [6.07, 6.45) is 1.30. The van der Waals surface area contributed by atoms with Crippen molar-refractivity contribution < 1.29 is 8.42 Å². The molecule has 0 fully saturated rings. The molecule has 6 heteroatoms. The number of nitrogen functional groups attached to an aromatic ring is 1. The first-order valence-electron chi connectivity index (χ1n) is 4.10. The van der Waals surface area contributed by atoms with Crippen LogP contribution in [-0.2, 0) is 9.84 Å². The van der Waals surface area contributed by atoms with E-state index in [2.05, 4.69) is 4.98 Å². The van der Waals surface area contributed by atoms with Gasteiger partial charge in [0.2, 0.25) is 0 Å². The fraction of sp³-hybridized carbons (Fsp3) is 0.375. The molecule has 14 heavy (non-hydrogen) atoms. The lowest BCUT2D eigenvalue weighted by Crippen LogP contribution is -2.21. The number of anilines is 1. The van der Waals surface area contributed by atoms with Crippen molar-refractivity contribution >= 4 is 15.5 Å². The van der Waals surface area contributed by atoms with Crippen LogP contribution in [0.4, 0.5) is 5.69 Å². The van der Waals surface area contributed by atoms with Gasteiger partial charge >= 0.3 is 0 Å². The molecule has 1 rings (SSSR count). The molecule has 1 aromatic heterocycles. The van der Waals surface area contributed by atoms with E-state index in [1.807, 2.05) is 0 Å². The van der Waals surface area contributed by atoms with Crippen LogP contribution >= 0.6 is 0 Å². The summed E-state index contributed by atoms with van der Waals surface area (Å²) in [7, 11) is -3.51. The molecule has 0 spiro atoms. The summed E-state index contributed by atoms with van der Waals surface area (Å²) in [5, 5.41) is 0. The summed E-state index contributed by atoms with van der Waals surface area (Å²) in [6, 6.07) is 0. The van der Waals surface area contributed by atoms with Crippen LogP contribution in [0.1, 0.15) is 12.5 Å². The van der Waals surface area contributed by atoms with Gasteiger partial charge in [0.1, 0.15) is 4.90 Å². The fourth-order valence-electron chi connectivity index (χ4n) is 1.14. The van der Waals surface area contributed by atoms with E-state index >= 15 is 0 Å². The van der Waals surface area contributed by atoms with Gasteiger partial charge in [0, 0.05) is 6.20 Å². The zero-order valence-electron chi connectivity index (χ0n) is 7.99. The van der Waals surface area contributed by atoms with Crippen LogP contribution in [-0.4, -0.2) is 19.2 Å². The fourth-order valence-corrected chi connectivity index (χ4v) is 2.35. The number of rotatable bonds is 2. The summed E-state index contributed by atoms with van der Waals surface area (Å²) in [4.78, 5) is 13.4. The molecule has 0 unspecified atom stereocenters. The molecule has 0 atom stereocenters. The Bertz CT molecular complexity index is 502. The Labute approximate surface area is 81.9 Å². The Kier molecular flexibility index (Phi) is 2.66. The average molecular weight is 216 g/mol. The van der Waals surface area contributed by atoms with Crippen LogP contribution in [0.2, 0.25) is 0 Å². The third kappa shape index (κ3) is 1.65. The molecular weight excluding hydrogens is 204 g/mol. The molecule has 0 bridgehead atoms. The highest BCUT2D eigenvalue weighted by molar-refractivity contribution is 7.91.